The molecular formula is C28H21BrO2. The normalized spacial score (nSPS) is 13.0. The van der Waals surface area contributed by atoms with E-state index in [9.17, 15) is 10.2 Å². The summed E-state index contributed by atoms with van der Waals surface area (Å²) >= 11 is 3.44. The number of hydrogen-bond acceptors (Lipinski definition) is 2. The molecule has 0 bridgehead atoms. The van der Waals surface area contributed by atoms with Crippen LogP contribution in [0.25, 0.3) is 0 Å². The van der Waals surface area contributed by atoms with Gasteiger partial charge in [-0.25, -0.2) is 0 Å². The molecule has 0 saturated carbocycles. The lowest BCUT2D eigenvalue weighted by atomic mass is 9.83. The van der Waals surface area contributed by atoms with Gasteiger partial charge in [0.2, 0.25) is 0 Å². The van der Waals surface area contributed by atoms with Crippen molar-refractivity contribution >= 4 is 15.9 Å². The maximum Gasteiger partial charge on any atom is 0.177 e. The van der Waals surface area contributed by atoms with E-state index < -0.39 is 11.2 Å². The predicted molar refractivity (Wildman–Crippen MR) is 127 cm³/mol. The second-order valence-corrected chi connectivity index (χ2v) is 8.19. The van der Waals surface area contributed by atoms with Crippen molar-refractivity contribution in [2.75, 3.05) is 0 Å². The molecule has 0 aliphatic carbocycles. The van der Waals surface area contributed by atoms with Crippen molar-refractivity contribution in [3.05, 3.63) is 142 Å². The van der Waals surface area contributed by atoms with Crippen molar-refractivity contribution < 1.29 is 10.2 Å². The quantitative estimate of drug-likeness (QED) is 0.381. The van der Waals surface area contributed by atoms with E-state index in [1.807, 2.05) is 115 Å². The van der Waals surface area contributed by atoms with Crippen molar-refractivity contribution in [1.82, 2.24) is 0 Å². The molecule has 0 saturated heterocycles. The Balaban J connectivity index is 1.92. The Hall–Kier alpha value is -3.16. The van der Waals surface area contributed by atoms with Crippen LogP contribution in [0.15, 0.2) is 120 Å². The van der Waals surface area contributed by atoms with Gasteiger partial charge in [0.25, 0.3) is 0 Å². The molecule has 0 aliphatic heterocycles. The van der Waals surface area contributed by atoms with Crippen LogP contribution in [0.3, 0.4) is 0 Å². The van der Waals surface area contributed by atoms with Gasteiger partial charge in [0.15, 0.2) is 11.2 Å². The number of halogens is 1. The summed E-state index contributed by atoms with van der Waals surface area (Å²) in [6.45, 7) is 0. The van der Waals surface area contributed by atoms with E-state index >= 15 is 0 Å². The number of aliphatic hydroxyl groups is 2. The van der Waals surface area contributed by atoms with Crippen LogP contribution >= 0.6 is 15.9 Å². The molecule has 2 nitrogen and oxygen atoms in total. The van der Waals surface area contributed by atoms with Gasteiger partial charge in [0, 0.05) is 26.7 Å². The van der Waals surface area contributed by atoms with Crippen LogP contribution in [0.1, 0.15) is 22.3 Å². The SMILES string of the molecule is OC(C#CC(O)(c1ccccc1)c1ccc(Br)cc1)(c1ccccc1)c1ccccc1. The van der Waals surface area contributed by atoms with Crippen LogP contribution in [0.2, 0.25) is 0 Å². The van der Waals surface area contributed by atoms with E-state index in [1.165, 1.54) is 0 Å². The van der Waals surface area contributed by atoms with Gasteiger partial charge in [-0.1, -0.05) is 131 Å². The monoisotopic (exact) mass is 468 g/mol. The molecule has 31 heavy (non-hydrogen) atoms. The Labute approximate surface area is 191 Å². The Morgan fingerprint density at radius 3 is 1.06 bits per heavy atom. The first kappa shape index (κ1) is 21.1. The molecule has 4 rings (SSSR count). The third kappa shape index (κ3) is 4.33. The van der Waals surface area contributed by atoms with Crippen LogP contribution in [-0.2, 0) is 11.2 Å². The molecule has 1 unspecified atom stereocenters. The molecule has 2 N–H and O–H groups in total. The van der Waals surface area contributed by atoms with Crippen molar-refractivity contribution in [3.63, 3.8) is 0 Å². The van der Waals surface area contributed by atoms with Gasteiger partial charge >= 0.3 is 0 Å². The zero-order valence-corrected chi connectivity index (χ0v) is 18.3. The second-order valence-electron chi connectivity index (χ2n) is 7.28. The molecule has 0 aliphatic rings. The Morgan fingerprint density at radius 1 is 0.452 bits per heavy atom. The minimum Gasteiger partial charge on any atom is -0.369 e. The van der Waals surface area contributed by atoms with Crippen LogP contribution in [-0.4, -0.2) is 10.2 Å². The van der Waals surface area contributed by atoms with Gasteiger partial charge in [-0.05, 0) is 12.1 Å². The van der Waals surface area contributed by atoms with Crippen molar-refractivity contribution in [2.45, 2.75) is 11.2 Å². The zero-order valence-electron chi connectivity index (χ0n) is 16.7. The first-order valence-corrected chi connectivity index (χ1v) is 10.7. The summed E-state index contributed by atoms with van der Waals surface area (Å²) in [5.41, 5.74) is -0.647. The number of rotatable bonds is 4. The first-order chi connectivity index (χ1) is 15.0. The molecule has 0 heterocycles. The molecule has 4 aromatic rings. The molecule has 0 fully saturated rings. The van der Waals surface area contributed by atoms with Crippen molar-refractivity contribution in [1.29, 1.82) is 0 Å². The van der Waals surface area contributed by atoms with Gasteiger partial charge in [0.1, 0.15) is 0 Å². The smallest absolute Gasteiger partial charge is 0.177 e. The maximum absolute atomic E-state index is 11.8. The fourth-order valence-corrected chi connectivity index (χ4v) is 3.80. The molecular weight excluding hydrogens is 448 g/mol. The highest BCUT2D eigenvalue weighted by Gasteiger charge is 2.33. The maximum atomic E-state index is 11.8. The Kier molecular flexibility index (Phi) is 6.06. The fraction of sp³-hybridized carbons (Fsp3) is 0.0714. The molecule has 152 valence electrons. The third-order valence-electron chi connectivity index (χ3n) is 5.26. The first-order valence-electron chi connectivity index (χ1n) is 9.94. The van der Waals surface area contributed by atoms with Crippen molar-refractivity contribution in [2.24, 2.45) is 0 Å². The van der Waals surface area contributed by atoms with Gasteiger partial charge in [0.05, 0.1) is 0 Å². The summed E-state index contributed by atoms with van der Waals surface area (Å²) in [6.07, 6.45) is 0. The summed E-state index contributed by atoms with van der Waals surface area (Å²) in [7, 11) is 0. The highest BCUT2D eigenvalue weighted by atomic mass is 79.9. The second kappa shape index (κ2) is 8.91. The van der Waals surface area contributed by atoms with Gasteiger partial charge in [-0.2, -0.15) is 0 Å². The minimum absolute atomic E-state index is 0.623. The molecule has 0 amide bonds. The summed E-state index contributed by atoms with van der Waals surface area (Å²) in [6, 6.07) is 35.3. The van der Waals surface area contributed by atoms with E-state index in [0.717, 1.165) is 4.47 Å². The Bertz CT molecular complexity index is 1150. The lowest BCUT2D eigenvalue weighted by Crippen LogP contribution is -2.29. The van der Waals surface area contributed by atoms with Crippen LogP contribution in [0.4, 0.5) is 0 Å². The summed E-state index contributed by atoms with van der Waals surface area (Å²) in [5, 5.41) is 23.6. The average molecular weight is 469 g/mol. The number of benzene rings is 4. The molecule has 4 aromatic carbocycles. The lowest BCUT2D eigenvalue weighted by molar-refractivity contribution is 0.133. The van der Waals surface area contributed by atoms with E-state index in [1.54, 1.807) is 0 Å². The minimum atomic E-state index is -1.60. The highest BCUT2D eigenvalue weighted by molar-refractivity contribution is 9.10. The largest absolute Gasteiger partial charge is 0.369 e. The summed E-state index contributed by atoms with van der Waals surface area (Å²) in [4.78, 5) is 0. The predicted octanol–water partition coefficient (Wildman–Crippen LogP) is 5.62. The van der Waals surface area contributed by atoms with E-state index in [-0.39, 0.29) is 0 Å². The summed E-state index contributed by atoms with van der Waals surface area (Å²) in [5.74, 6) is 6.05. The Morgan fingerprint density at radius 2 is 0.742 bits per heavy atom. The fourth-order valence-electron chi connectivity index (χ4n) is 3.53. The van der Waals surface area contributed by atoms with Gasteiger partial charge in [-0.15, -0.1) is 0 Å². The number of hydrogen-bond donors (Lipinski definition) is 2. The van der Waals surface area contributed by atoms with Gasteiger partial charge in [-0.3, -0.25) is 0 Å². The van der Waals surface area contributed by atoms with Crippen LogP contribution in [0.5, 0.6) is 0 Å². The average Bonchev–Trinajstić information content (AvgIpc) is 2.84. The molecule has 0 spiro atoms. The van der Waals surface area contributed by atoms with Crippen LogP contribution in [0, 0.1) is 11.8 Å². The molecule has 0 aromatic heterocycles. The standard InChI is InChI=1S/C28H21BrO2/c29-26-18-16-25(17-19-26)28(31,24-14-8-3-9-15-24)21-20-27(30,22-10-4-1-5-11-22)23-12-6-2-7-13-23/h1-19,30-31H. The van der Waals surface area contributed by atoms with E-state index in [4.69, 9.17) is 0 Å². The highest BCUT2D eigenvalue weighted by Crippen LogP contribution is 2.33. The zero-order chi connectivity index (χ0) is 21.7. The molecule has 1 atom stereocenters. The van der Waals surface area contributed by atoms with E-state index in [2.05, 4.69) is 27.8 Å². The van der Waals surface area contributed by atoms with Gasteiger partial charge < -0.3 is 10.2 Å². The summed E-state index contributed by atoms with van der Waals surface area (Å²) < 4.78 is 0.907. The van der Waals surface area contributed by atoms with Crippen LogP contribution < -0.4 is 0 Å². The molecule has 0 radical (unpaired) electrons. The topological polar surface area (TPSA) is 40.5 Å². The van der Waals surface area contributed by atoms with E-state index in [0.29, 0.717) is 22.3 Å². The van der Waals surface area contributed by atoms with Crippen molar-refractivity contribution in [3.8, 4) is 11.8 Å². The lowest BCUT2D eigenvalue weighted by Gasteiger charge is -2.27. The molecule has 3 heteroatoms. The third-order valence-corrected chi connectivity index (χ3v) is 5.79.